The summed E-state index contributed by atoms with van der Waals surface area (Å²) < 4.78 is 55.9. The third kappa shape index (κ3) is 4.11. The van der Waals surface area contributed by atoms with E-state index in [-0.39, 0.29) is 19.0 Å². The van der Waals surface area contributed by atoms with Crippen LogP contribution in [0, 0.1) is 0 Å². The molecule has 2 heterocycles. The molecule has 10 nitrogen and oxygen atoms in total. The van der Waals surface area contributed by atoms with Crippen LogP contribution in [0.4, 0.5) is 14.6 Å². The number of ether oxygens (including phenoxy) is 1. The van der Waals surface area contributed by atoms with Gasteiger partial charge in [0, 0.05) is 6.20 Å². The molecule has 0 radical (unpaired) electrons. The maximum absolute atomic E-state index is 14.1. The minimum atomic E-state index is -3.82. The minimum absolute atomic E-state index is 0.0594. The molecule has 0 amide bonds. The molecule has 1 fully saturated rings. The molecule has 1 aromatic heterocycles. The molecule has 0 spiro atoms. The van der Waals surface area contributed by atoms with E-state index < -0.39 is 44.4 Å². The third-order valence-corrected chi connectivity index (χ3v) is 5.19. The van der Waals surface area contributed by atoms with Crippen LogP contribution < -0.4 is 10.8 Å². The third-order valence-electron chi connectivity index (χ3n) is 3.49. The Morgan fingerprint density at radius 2 is 2.04 bits per heavy atom. The molecular weight excluding hydrogens is 379 g/mol. The number of anilines is 1. The molecule has 1 aromatic rings. The van der Waals surface area contributed by atoms with E-state index in [0.717, 1.165) is 12.3 Å². The summed E-state index contributed by atoms with van der Waals surface area (Å²) in [5.41, 5.74) is -1.15. The molecule has 3 unspecified atom stereocenters. The lowest BCUT2D eigenvalue weighted by Crippen LogP contribution is -2.41. The molecule has 0 aromatic carbocycles. The van der Waals surface area contributed by atoms with Crippen molar-refractivity contribution < 1.29 is 37.3 Å². The van der Waals surface area contributed by atoms with Crippen LogP contribution in [0.25, 0.3) is 0 Å². The predicted molar refractivity (Wildman–Crippen MR) is 84.9 cm³/mol. The number of aliphatic hydroxyl groups excluding tert-OH is 2. The molecule has 13 heteroatoms. The van der Waals surface area contributed by atoms with Crippen LogP contribution in [0.2, 0.25) is 0 Å². The lowest BCUT2D eigenvalue weighted by Gasteiger charge is -2.22. The lowest BCUT2D eigenvalue weighted by atomic mass is 10.1. The van der Waals surface area contributed by atoms with Gasteiger partial charge < -0.3 is 14.9 Å². The summed E-state index contributed by atoms with van der Waals surface area (Å²) in [6.45, 7) is 2.44. The van der Waals surface area contributed by atoms with Gasteiger partial charge in [-0.15, -0.1) is 0 Å². The van der Waals surface area contributed by atoms with E-state index in [2.05, 4.69) is 10.1 Å². The van der Waals surface area contributed by atoms with E-state index in [1.807, 2.05) is 0 Å². The number of nitrogens with zero attached hydrogens (tertiary/aromatic N) is 2. The first-order valence-electron chi connectivity index (χ1n) is 7.77. The Labute approximate surface area is 147 Å². The van der Waals surface area contributed by atoms with Gasteiger partial charge in [0.1, 0.15) is 11.9 Å². The second kappa shape index (κ2) is 8.07. The van der Waals surface area contributed by atoms with Gasteiger partial charge >= 0.3 is 19.4 Å². The molecule has 0 bridgehead atoms. The van der Waals surface area contributed by atoms with Crippen molar-refractivity contribution in [3.63, 3.8) is 0 Å². The Hall–Kier alpha value is -1.43. The average molecular weight is 399 g/mol. The highest BCUT2D eigenvalue weighted by molar-refractivity contribution is 7.55. The normalized spacial score (nSPS) is 25.4. The lowest BCUT2D eigenvalue weighted by molar-refractivity contribution is -0.140. The molecule has 148 valence electrons. The van der Waals surface area contributed by atoms with Crippen LogP contribution in [0.5, 0.6) is 0 Å². The highest BCUT2D eigenvalue weighted by Crippen LogP contribution is 2.47. The zero-order valence-electron chi connectivity index (χ0n) is 14.0. The van der Waals surface area contributed by atoms with Crippen molar-refractivity contribution >= 4 is 13.6 Å². The molecule has 1 aliphatic heterocycles. The summed E-state index contributed by atoms with van der Waals surface area (Å²) in [6, 6.07) is 1.10. The zero-order valence-corrected chi connectivity index (χ0v) is 14.9. The Balaban J connectivity index is 2.28. The van der Waals surface area contributed by atoms with Gasteiger partial charge in [-0.25, -0.2) is 9.36 Å². The summed E-state index contributed by atoms with van der Waals surface area (Å²) >= 11 is 0. The van der Waals surface area contributed by atoms with Crippen LogP contribution in [-0.4, -0.2) is 57.7 Å². The van der Waals surface area contributed by atoms with Gasteiger partial charge in [0.05, 0.1) is 19.8 Å². The number of hydrogen-bond acceptors (Lipinski definition) is 8. The van der Waals surface area contributed by atoms with E-state index in [1.165, 1.54) is 0 Å². The summed E-state index contributed by atoms with van der Waals surface area (Å²) in [7, 11) is -3.76. The van der Waals surface area contributed by atoms with Crippen molar-refractivity contribution in [1.29, 1.82) is 0 Å². The van der Waals surface area contributed by atoms with E-state index >= 15 is 0 Å². The molecular formula is C13H20F2N3O7P. The van der Waals surface area contributed by atoms with Crippen LogP contribution in [0.15, 0.2) is 17.1 Å². The summed E-state index contributed by atoms with van der Waals surface area (Å²) in [5.74, 6) is -4.03. The fraction of sp³-hybridized carbons (Fsp3) is 0.692. The molecule has 0 aliphatic carbocycles. The monoisotopic (exact) mass is 399 g/mol. The summed E-state index contributed by atoms with van der Waals surface area (Å²) in [6.07, 6.45) is -5.03. The molecule has 3 atom stereocenters. The van der Waals surface area contributed by atoms with Gasteiger partial charge in [-0.05, 0) is 19.9 Å². The Kier molecular flexibility index (Phi) is 6.48. The van der Waals surface area contributed by atoms with Gasteiger partial charge in [-0.1, -0.05) is 0 Å². The Bertz CT molecular complexity index is 722. The maximum Gasteiger partial charge on any atom is 0.433 e. The highest BCUT2D eigenvalue weighted by atomic mass is 31.2. The van der Waals surface area contributed by atoms with Crippen molar-refractivity contribution in [3.05, 3.63) is 22.7 Å². The quantitative estimate of drug-likeness (QED) is 0.541. The summed E-state index contributed by atoms with van der Waals surface area (Å²) in [5, 5.41) is 20.8. The van der Waals surface area contributed by atoms with Gasteiger partial charge in [0.2, 0.25) is 6.23 Å². The number of aliphatic hydroxyl groups is 2. The standard InChI is InChI=1S/C13H20F2N3O7P/c1-3-23-26(22,24-4-2)17-9-5-6-18(12(21)16-9)11-13(14,15)10(20)8(7-19)25-11/h5-6,8,10-11,19-20H,3-4,7H2,1-2H3,(H,16,17,21,22). The number of aromatic nitrogens is 2. The molecule has 0 saturated carbocycles. The van der Waals surface area contributed by atoms with Gasteiger partial charge in [0.25, 0.3) is 0 Å². The molecule has 2 rings (SSSR count). The molecule has 1 saturated heterocycles. The SMILES string of the molecule is CCOP(=O)(Nc1ccn(C2OC(CO)C(O)C2(F)F)c(=O)n1)OCC. The van der Waals surface area contributed by atoms with Crippen LogP contribution in [0.1, 0.15) is 20.1 Å². The van der Waals surface area contributed by atoms with Crippen molar-refractivity contribution in [2.75, 3.05) is 24.9 Å². The molecule has 3 N–H and O–H groups in total. The van der Waals surface area contributed by atoms with Gasteiger partial charge in [-0.2, -0.15) is 13.8 Å². The minimum Gasteiger partial charge on any atom is -0.394 e. The Morgan fingerprint density at radius 1 is 1.42 bits per heavy atom. The van der Waals surface area contributed by atoms with Crippen LogP contribution >= 0.6 is 7.75 Å². The maximum atomic E-state index is 14.1. The topological polar surface area (TPSA) is 132 Å². The molecule has 26 heavy (non-hydrogen) atoms. The van der Waals surface area contributed by atoms with E-state index in [9.17, 15) is 23.2 Å². The summed E-state index contributed by atoms with van der Waals surface area (Å²) in [4.78, 5) is 15.6. The van der Waals surface area contributed by atoms with Gasteiger partial charge in [-0.3, -0.25) is 18.7 Å². The number of hydrogen-bond donors (Lipinski definition) is 3. The van der Waals surface area contributed by atoms with E-state index in [0.29, 0.717) is 4.57 Å². The van der Waals surface area contributed by atoms with Crippen molar-refractivity contribution in [3.8, 4) is 0 Å². The van der Waals surface area contributed by atoms with Crippen molar-refractivity contribution in [1.82, 2.24) is 9.55 Å². The second-order valence-electron chi connectivity index (χ2n) is 5.28. The number of rotatable bonds is 8. The first-order chi connectivity index (χ1) is 12.2. The number of halogens is 2. The largest absolute Gasteiger partial charge is 0.433 e. The van der Waals surface area contributed by atoms with Crippen LogP contribution in [-0.2, 0) is 18.3 Å². The Morgan fingerprint density at radius 3 is 2.50 bits per heavy atom. The second-order valence-corrected chi connectivity index (χ2v) is 7.01. The van der Waals surface area contributed by atoms with Crippen molar-refractivity contribution in [2.45, 2.75) is 38.2 Å². The highest BCUT2D eigenvalue weighted by Gasteiger charge is 2.59. The van der Waals surface area contributed by atoms with Gasteiger partial charge in [0.15, 0.2) is 6.10 Å². The van der Waals surface area contributed by atoms with Crippen LogP contribution in [0.3, 0.4) is 0 Å². The zero-order chi connectivity index (χ0) is 19.5. The number of nitrogens with one attached hydrogen (secondary N) is 1. The van der Waals surface area contributed by atoms with E-state index in [4.69, 9.17) is 18.9 Å². The van der Waals surface area contributed by atoms with Crippen molar-refractivity contribution in [2.24, 2.45) is 0 Å². The predicted octanol–water partition coefficient (Wildman–Crippen LogP) is 0.722. The smallest absolute Gasteiger partial charge is 0.394 e. The fourth-order valence-corrected chi connectivity index (χ4v) is 3.64. The molecule has 1 aliphatic rings. The fourth-order valence-electron chi connectivity index (χ4n) is 2.35. The number of alkyl halides is 2. The van der Waals surface area contributed by atoms with E-state index in [1.54, 1.807) is 13.8 Å². The average Bonchev–Trinajstić information content (AvgIpc) is 2.78. The first-order valence-corrected chi connectivity index (χ1v) is 9.31. The first kappa shape index (κ1) is 20.9.